The molecule has 0 bridgehead atoms. The Morgan fingerprint density at radius 2 is 2.00 bits per heavy atom. The maximum Gasteiger partial charge on any atom is 0.198 e. The molecule has 0 unspecified atom stereocenters. The van der Waals surface area contributed by atoms with Crippen LogP contribution in [0.5, 0.6) is 5.75 Å². The number of nitrogen functional groups attached to an aromatic ring is 1. The van der Waals surface area contributed by atoms with Gasteiger partial charge in [0.1, 0.15) is 17.8 Å². The zero-order valence-corrected chi connectivity index (χ0v) is 11.3. The summed E-state index contributed by atoms with van der Waals surface area (Å²) in [4.78, 5) is 23.2. The molecule has 0 fully saturated rings. The zero-order valence-electron chi connectivity index (χ0n) is 11.3. The van der Waals surface area contributed by atoms with Crippen LogP contribution in [0.1, 0.15) is 15.9 Å². The Morgan fingerprint density at radius 3 is 2.73 bits per heavy atom. The van der Waals surface area contributed by atoms with Crippen molar-refractivity contribution < 1.29 is 18.7 Å². The van der Waals surface area contributed by atoms with E-state index in [1.54, 1.807) is 18.2 Å². The van der Waals surface area contributed by atoms with Gasteiger partial charge in [-0.05, 0) is 18.2 Å². The number of ether oxygens (including phenoxy) is 1. The number of nitrogens with two attached hydrogens (primary N) is 1. The number of nitrogens with one attached hydrogen (secondary N) is 1. The van der Waals surface area contributed by atoms with E-state index in [1.807, 2.05) is 0 Å². The third-order valence-corrected chi connectivity index (χ3v) is 3.24. The number of ketones is 1. The van der Waals surface area contributed by atoms with E-state index in [-0.39, 0.29) is 28.3 Å². The molecule has 2 aromatic rings. The average molecular weight is 298 g/mol. The Labute approximate surface area is 125 Å². The number of carbonyl (C=O) groups excluding carboxylic acids is 2. The molecule has 0 amide bonds. The second-order valence-electron chi connectivity index (χ2n) is 4.68. The average Bonchev–Trinajstić information content (AvgIpc) is 2.53. The van der Waals surface area contributed by atoms with Crippen LogP contribution in [-0.2, 0) is 4.79 Å². The van der Waals surface area contributed by atoms with Gasteiger partial charge in [0.2, 0.25) is 0 Å². The van der Waals surface area contributed by atoms with Gasteiger partial charge in [0.15, 0.2) is 17.8 Å². The van der Waals surface area contributed by atoms with Gasteiger partial charge >= 0.3 is 0 Å². The first-order valence-electron chi connectivity index (χ1n) is 6.42. The smallest absolute Gasteiger partial charge is 0.198 e. The van der Waals surface area contributed by atoms with Crippen molar-refractivity contribution in [2.45, 2.75) is 0 Å². The Balaban J connectivity index is 2.04. The molecule has 2 aromatic carbocycles. The molecule has 1 aliphatic heterocycles. The quantitative estimate of drug-likeness (QED) is 0.517. The number of hydrogen-bond acceptors (Lipinski definition) is 5. The summed E-state index contributed by atoms with van der Waals surface area (Å²) >= 11 is 0. The van der Waals surface area contributed by atoms with Gasteiger partial charge in [-0.1, -0.05) is 12.1 Å². The zero-order chi connectivity index (χ0) is 15.7. The Hall–Kier alpha value is -3.15. The van der Waals surface area contributed by atoms with Crippen molar-refractivity contribution >= 4 is 23.4 Å². The number of hydrogen-bond donors (Lipinski definition) is 2. The van der Waals surface area contributed by atoms with Crippen LogP contribution >= 0.6 is 0 Å². The Kier molecular flexibility index (Phi) is 3.34. The van der Waals surface area contributed by atoms with E-state index >= 15 is 0 Å². The molecule has 6 heteroatoms. The molecule has 1 aliphatic rings. The monoisotopic (exact) mass is 298 g/mol. The minimum absolute atomic E-state index is 0.153. The van der Waals surface area contributed by atoms with Crippen molar-refractivity contribution in [1.82, 2.24) is 0 Å². The van der Waals surface area contributed by atoms with E-state index in [2.05, 4.69) is 5.32 Å². The minimum atomic E-state index is -0.725. The van der Waals surface area contributed by atoms with Crippen molar-refractivity contribution in [1.29, 1.82) is 0 Å². The number of rotatable bonds is 3. The van der Waals surface area contributed by atoms with Crippen LogP contribution in [0.2, 0.25) is 0 Å². The number of carbonyl (C=O) groups is 2. The highest BCUT2D eigenvalue weighted by Gasteiger charge is 2.21. The van der Waals surface area contributed by atoms with Crippen LogP contribution in [0.25, 0.3) is 0 Å². The van der Waals surface area contributed by atoms with Gasteiger partial charge in [-0.2, -0.15) is 0 Å². The molecule has 0 aliphatic carbocycles. The van der Waals surface area contributed by atoms with E-state index in [1.165, 1.54) is 18.4 Å². The molecule has 110 valence electrons. The summed E-state index contributed by atoms with van der Waals surface area (Å²) in [5.74, 6) is -1.07. The predicted octanol–water partition coefficient (Wildman–Crippen LogP) is 2.48. The summed E-state index contributed by atoms with van der Waals surface area (Å²) in [6.07, 6.45) is 1.73. The van der Waals surface area contributed by atoms with Crippen molar-refractivity contribution in [3.63, 3.8) is 0 Å². The molecule has 0 spiro atoms. The lowest BCUT2D eigenvalue weighted by molar-refractivity contribution is -0.104. The molecule has 22 heavy (non-hydrogen) atoms. The number of benzene rings is 2. The highest BCUT2D eigenvalue weighted by Crippen LogP contribution is 2.33. The summed E-state index contributed by atoms with van der Waals surface area (Å²) in [5, 5.41) is 2.75. The van der Waals surface area contributed by atoms with E-state index in [9.17, 15) is 14.0 Å². The number of anilines is 2. The number of aldehydes is 1. The molecule has 1 heterocycles. The Bertz CT molecular complexity index is 815. The molecular formula is C16H11FN2O3. The van der Waals surface area contributed by atoms with E-state index in [0.717, 1.165) is 6.07 Å². The van der Waals surface area contributed by atoms with Crippen molar-refractivity contribution in [2.24, 2.45) is 0 Å². The summed E-state index contributed by atoms with van der Waals surface area (Å²) in [7, 11) is 0. The summed E-state index contributed by atoms with van der Waals surface area (Å²) in [5.41, 5.74) is 6.59. The maximum absolute atomic E-state index is 14.2. The lowest BCUT2D eigenvalue weighted by atomic mass is 10.00. The Morgan fingerprint density at radius 1 is 1.23 bits per heavy atom. The topological polar surface area (TPSA) is 81.4 Å². The fraction of sp³-hybridized carbons (Fsp3) is 0. The molecule has 0 radical (unpaired) electrons. The molecule has 5 nitrogen and oxygen atoms in total. The van der Waals surface area contributed by atoms with Crippen LogP contribution in [0.15, 0.2) is 48.4 Å². The largest absolute Gasteiger partial charge is 0.460 e. The van der Waals surface area contributed by atoms with Crippen molar-refractivity contribution in [3.05, 3.63) is 65.3 Å². The van der Waals surface area contributed by atoms with Crippen LogP contribution in [0.4, 0.5) is 15.8 Å². The second kappa shape index (κ2) is 5.33. The van der Waals surface area contributed by atoms with Crippen LogP contribution in [0.3, 0.4) is 0 Å². The first-order valence-corrected chi connectivity index (χ1v) is 6.42. The number of allylic oxidation sites excluding steroid dienone is 1. The van der Waals surface area contributed by atoms with E-state index in [0.29, 0.717) is 12.0 Å². The SMILES string of the molecule is Nc1ccccc1C(=O)c1cc2c(cc1F)OC=C(C=O)N2. The second-order valence-corrected chi connectivity index (χ2v) is 4.68. The molecule has 0 saturated carbocycles. The number of halogens is 1. The lowest BCUT2D eigenvalue weighted by Crippen LogP contribution is -2.13. The van der Waals surface area contributed by atoms with Crippen LogP contribution in [0, 0.1) is 5.82 Å². The molecule has 0 aromatic heterocycles. The molecule has 3 N–H and O–H groups in total. The van der Waals surface area contributed by atoms with Gasteiger partial charge in [0, 0.05) is 17.3 Å². The third kappa shape index (κ3) is 2.31. The number of para-hydroxylation sites is 1. The first-order chi connectivity index (χ1) is 10.6. The van der Waals surface area contributed by atoms with Crippen molar-refractivity contribution in [2.75, 3.05) is 11.1 Å². The fourth-order valence-corrected chi connectivity index (χ4v) is 2.14. The highest BCUT2D eigenvalue weighted by molar-refractivity contribution is 6.12. The summed E-state index contributed by atoms with van der Waals surface area (Å²) in [6, 6.07) is 8.82. The van der Waals surface area contributed by atoms with Gasteiger partial charge in [-0.3, -0.25) is 9.59 Å². The molecule has 3 rings (SSSR count). The molecular weight excluding hydrogens is 287 g/mol. The minimum Gasteiger partial charge on any atom is -0.460 e. The first kappa shape index (κ1) is 13.8. The van der Waals surface area contributed by atoms with Gasteiger partial charge in [-0.15, -0.1) is 0 Å². The molecule has 0 atom stereocenters. The van der Waals surface area contributed by atoms with Crippen molar-refractivity contribution in [3.8, 4) is 5.75 Å². The maximum atomic E-state index is 14.2. The normalized spacial score (nSPS) is 12.5. The summed E-state index contributed by atoms with van der Waals surface area (Å²) < 4.78 is 19.3. The van der Waals surface area contributed by atoms with Crippen LogP contribution in [-0.4, -0.2) is 12.1 Å². The summed E-state index contributed by atoms with van der Waals surface area (Å²) in [6.45, 7) is 0. The molecule has 0 saturated heterocycles. The van der Waals surface area contributed by atoms with Gasteiger partial charge in [0.25, 0.3) is 0 Å². The van der Waals surface area contributed by atoms with Gasteiger partial charge in [0.05, 0.1) is 11.3 Å². The highest BCUT2D eigenvalue weighted by atomic mass is 19.1. The van der Waals surface area contributed by atoms with E-state index < -0.39 is 11.6 Å². The predicted molar refractivity (Wildman–Crippen MR) is 79.1 cm³/mol. The fourth-order valence-electron chi connectivity index (χ4n) is 2.14. The standard InChI is InChI=1S/C16H11FN2O3/c17-12-6-15-14(19-9(7-20)8-22-15)5-11(12)16(21)10-3-1-2-4-13(10)18/h1-8,19H,18H2. The number of fused-ring (bicyclic) bond motifs is 1. The van der Waals surface area contributed by atoms with E-state index in [4.69, 9.17) is 10.5 Å². The van der Waals surface area contributed by atoms with Gasteiger partial charge in [-0.25, -0.2) is 4.39 Å². The lowest BCUT2D eigenvalue weighted by Gasteiger charge is -2.17. The van der Waals surface area contributed by atoms with Crippen LogP contribution < -0.4 is 15.8 Å². The van der Waals surface area contributed by atoms with Gasteiger partial charge < -0.3 is 15.8 Å². The third-order valence-electron chi connectivity index (χ3n) is 3.24.